The van der Waals surface area contributed by atoms with Crippen molar-refractivity contribution in [3.8, 4) is 0 Å². The smallest absolute Gasteiger partial charge is 0.326 e. The SMILES string of the molecule is CO[C@@H](C[C@@H]1CC[C@@H](C)[C@](O)(C(=O)C(=O)N2CCCC[C@H]2C(=O)O)O1)/C(C)=C/C=C/C=C/[C@@H](C)C[C@@H](C)C(=O)[C@H](OC)[C@H](O)/C(C)=C/[C@@H](C)C(=O)C[C@@H](O)[C@H](C)C[C@@H]1CC[C@@H](OCCO)[C@H](OC)C1. The van der Waals surface area contributed by atoms with E-state index in [9.17, 15) is 44.4 Å². The summed E-state index contributed by atoms with van der Waals surface area (Å²) < 4.78 is 28.7. The maximum Gasteiger partial charge on any atom is 0.326 e. The lowest BCUT2D eigenvalue weighted by molar-refractivity contribution is -0.265. The van der Waals surface area contributed by atoms with Gasteiger partial charge in [0, 0.05) is 58.5 Å². The van der Waals surface area contributed by atoms with Crippen LogP contribution in [0.1, 0.15) is 126 Å². The van der Waals surface area contributed by atoms with Gasteiger partial charge >= 0.3 is 5.97 Å². The quantitative estimate of drug-likeness (QED) is 0.0359. The number of amides is 1. The topological polar surface area (TPSA) is 236 Å². The Morgan fingerprint density at radius 2 is 1.58 bits per heavy atom. The first-order chi connectivity index (χ1) is 32.6. The summed E-state index contributed by atoms with van der Waals surface area (Å²) >= 11 is 0. The Morgan fingerprint density at radius 3 is 2.22 bits per heavy atom. The molecule has 3 rings (SSSR count). The molecule has 16 heteroatoms. The number of aliphatic hydroxyl groups excluding tert-OH is 3. The van der Waals surface area contributed by atoms with Crippen molar-refractivity contribution in [1.29, 1.82) is 0 Å². The molecule has 0 bridgehead atoms. The van der Waals surface area contributed by atoms with Gasteiger partial charge in [-0.15, -0.1) is 0 Å². The maximum absolute atomic E-state index is 13.6. The summed E-state index contributed by atoms with van der Waals surface area (Å²) in [6, 6.07) is -1.12. The molecule has 0 spiro atoms. The van der Waals surface area contributed by atoms with Crippen LogP contribution in [0.2, 0.25) is 0 Å². The number of carbonyl (C=O) groups is 5. The molecule has 0 aromatic rings. The number of nitrogens with zero attached hydrogens (tertiary/aromatic N) is 1. The molecule has 3 fully saturated rings. The van der Waals surface area contributed by atoms with Crippen LogP contribution in [-0.2, 0) is 47.7 Å². The van der Waals surface area contributed by atoms with Crippen molar-refractivity contribution in [2.75, 3.05) is 41.1 Å². The van der Waals surface area contributed by atoms with Crippen LogP contribution in [0.25, 0.3) is 0 Å². The van der Waals surface area contributed by atoms with Crippen molar-refractivity contribution in [3.63, 3.8) is 0 Å². The maximum atomic E-state index is 13.6. The highest BCUT2D eigenvalue weighted by Gasteiger charge is 2.53. The predicted molar refractivity (Wildman–Crippen MR) is 260 cm³/mol. The lowest BCUT2D eigenvalue weighted by Crippen LogP contribution is -2.60. The number of allylic oxidation sites excluding steroid dienone is 6. The summed E-state index contributed by atoms with van der Waals surface area (Å²) in [6.07, 6.45) is 13.0. The van der Waals surface area contributed by atoms with Gasteiger partial charge in [-0.25, -0.2) is 4.79 Å². The number of likely N-dealkylation sites (tertiary alicyclic amines) is 1. The number of carbonyl (C=O) groups excluding carboxylic acids is 4. The third-order valence-corrected chi connectivity index (χ3v) is 14.7. The van der Waals surface area contributed by atoms with Gasteiger partial charge in [0.15, 0.2) is 5.78 Å². The van der Waals surface area contributed by atoms with Gasteiger partial charge in [0.2, 0.25) is 5.79 Å². The number of carboxylic acids is 1. The molecular weight excluding hydrogens is 891 g/mol. The number of aliphatic hydroxyl groups is 4. The molecule has 1 amide bonds. The average molecular weight is 976 g/mol. The zero-order valence-corrected chi connectivity index (χ0v) is 42.9. The monoisotopic (exact) mass is 976 g/mol. The minimum absolute atomic E-state index is 0.00502. The number of ketones is 3. The van der Waals surface area contributed by atoms with E-state index in [1.54, 1.807) is 48.0 Å². The van der Waals surface area contributed by atoms with E-state index in [0.29, 0.717) is 50.0 Å². The molecule has 0 radical (unpaired) electrons. The largest absolute Gasteiger partial charge is 0.480 e. The number of ether oxygens (including phenoxy) is 5. The van der Waals surface area contributed by atoms with Crippen molar-refractivity contribution in [2.45, 2.75) is 180 Å². The zero-order valence-electron chi connectivity index (χ0n) is 42.9. The van der Waals surface area contributed by atoms with Gasteiger partial charge in [-0.05, 0) is 107 Å². The highest BCUT2D eigenvalue weighted by molar-refractivity contribution is 6.39. The van der Waals surface area contributed by atoms with Crippen LogP contribution in [0, 0.1) is 35.5 Å². The van der Waals surface area contributed by atoms with E-state index in [1.807, 2.05) is 51.2 Å². The Hall–Kier alpha value is -3.45. The molecular formula is C53H85NO15. The van der Waals surface area contributed by atoms with E-state index in [4.69, 9.17) is 28.8 Å². The molecule has 1 saturated carbocycles. The normalized spacial score (nSPS) is 28.7. The lowest BCUT2D eigenvalue weighted by atomic mass is 9.78. The first-order valence-electron chi connectivity index (χ1n) is 25.0. The molecule has 5 N–H and O–H groups in total. The van der Waals surface area contributed by atoms with Crippen LogP contribution >= 0.6 is 0 Å². The first-order valence-corrected chi connectivity index (χ1v) is 25.0. The molecule has 69 heavy (non-hydrogen) atoms. The number of Topliss-reactive ketones (excluding diaryl/α,β-unsaturated/α-hetero) is 3. The minimum atomic E-state index is -2.39. The average Bonchev–Trinajstić information content (AvgIpc) is 3.32. The second-order valence-electron chi connectivity index (χ2n) is 20.1. The Bertz CT molecular complexity index is 1790. The molecule has 392 valence electrons. The molecule has 2 saturated heterocycles. The first kappa shape index (κ1) is 59.9. The van der Waals surface area contributed by atoms with Crippen LogP contribution < -0.4 is 0 Å². The number of carboxylic acid groups (broad SMARTS) is 1. The van der Waals surface area contributed by atoms with Crippen LogP contribution in [0.15, 0.2) is 47.6 Å². The van der Waals surface area contributed by atoms with Gasteiger partial charge in [0.1, 0.15) is 24.0 Å². The second kappa shape index (κ2) is 29.2. The molecule has 15 atom stereocenters. The molecule has 3 aliphatic rings. The fourth-order valence-corrected chi connectivity index (χ4v) is 10.1. The van der Waals surface area contributed by atoms with Crippen molar-refractivity contribution < 1.29 is 73.2 Å². The Morgan fingerprint density at radius 1 is 0.870 bits per heavy atom. The van der Waals surface area contributed by atoms with Gasteiger partial charge in [-0.1, -0.05) is 71.1 Å². The fraction of sp³-hybridized carbons (Fsp3) is 0.755. The van der Waals surface area contributed by atoms with Gasteiger partial charge < -0.3 is 54.1 Å². The van der Waals surface area contributed by atoms with Crippen molar-refractivity contribution in [1.82, 2.24) is 4.90 Å². The predicted octanol–water partition coefficient (Wildman–Crippen LogP) is 5.72. The lowest BCUT2D eigenvalue weighted by Gasteiger charge is -2.42. The number of hydrogen-bond donors (Lipinski definition) is 5. The van der Waals surface area contributed by atoms with Gasteiger partial charge in [0.05, 0.1) is 43.7 Å². The number of piperidine rings is 1. The molecule has 1 aliphatic carbocycles. The van der Waals surface area contributed by atoms with Crippen LogP contribution in [0.5, 0.6) is 0 Å². The summed E-state index contributed by atoms with van der Waals surface area (Å²) in [5.74, 6) is -7.74. The molecule has 0 aromatic carbocycles. The summed E-state index contributed by atoms with van der Waals surface area (Å²) in [5, 5.41) is 52.5. The number of methoxy groups -OCH3 is 3. The standard InChI is InChI=1S/C53H85NO15/c1-32(16-12-11-13-17-33(2)45(65-8)30-40-21-19-38(7)53(64,69-40)50(60)51(61)54-23-15-14-18-41(54)52(62)63)26-36(5)47(58)49(67-10)48(59)37(6)27-34(3)42(56)31-43(57)35(4)28-39-20-22-44(68-25-24-55)46(29-39)66-9/h11-13,16-17,27,32,34-36,38-41,43-46,48-49,55,57,59,64H,14-15,18-26,28-31H2,1-10H3,(H,62,63)/b13-11+,16-12+,33-17+,37-27+/t32-,34-,35-,36-,38-,39+,40+,41+,43-,44-,45+,46-,48-,49+,53-/m1/s1. The summed E-state index contributed by atoms with van der Waals surface area (Å²) in [6.45, 7) is 13.0. The number of hydrogen-bond acceptors (Lipinski definition) is 14. The van der Waals surface area contributed by atoms with Crippen molar-refractivity contribution in [2.24, 2.45) is 35.5 Å². The summed E-state index contributed by atoms with van der Waals surface area (Å²) in [5.41, 5.74) is 1.29. The van der Waals surface area contributed by atoms with Crippen LogP contribution in [-0.4, -0.2) is 155 Å². The van der Waals surface area contributed by atoms with Crippen LogP contribution in [0.3, 0.4) is 0 Å². The van der Waals surface area contributed by atoms with Gasteiger partial charge in [-0.3, -0.25) is 19.2 Å². The Balaban J connectivity index is 1.50. The van der Waals surface area contributed by atoms with Gasteiger partial charge in [0.25, 0.3) is 11.7 Å². The molecule has 2 aliphatic heterocycles. The number of aliphatic carboxylic acids is 1. The fourth-order valence-electron chi connectivity index (χ4n) is 10.1. The van der Waals surface area contributed by atoms with E-state index in [0.717, 1.165) is 36.2 Å². The van der Waals surface area contributed by atoms with Crippen molar-refractivity contribution >= 4 is 29.2 Å². The molecule has 16 nitrogen and oxygen atoms in total. The van der Waals surface area contributed by atoms with E-state index < -0.39 is 77.8 Å². The summed E-state index contributed by atoms with van der Waals surface area (Å²) in [7, 11) is 4.58. The van der Waals surface area contributed by atoms with Crippen LogP contribution in [0.4, 0.5) is 0 Å². The highest BCUT2D eigenvalue weighted by atomic mass is 16.6. The Kier molecular flexibility index (Phi) is 25.3. The van der Waals surface area contributed by atoms with Crippen molar-refractivity contribution in [3.05, 3.63) is 47.6 Å². The van der Waals surface area contributed by atoms with E-state index >= 15 is 0 Å². The van der Waals surface area contributed by atoms with Gasteiger partial charge in [-0.2, -0.15) is 0 Å². The molecule has 0 aromatic heterocycles. The number of rotatable bonds is 28. The van der Waals surface area contributed by atoms with E-state index in [1.165, 1.54) is 7.11 Å². The summed E-state index contributed by atoms with van der Waals surface area (Å²) in [4.78, 5) is 66.4. The second-order valence-corrected chi connectivity index (χ2v) is 20.1. The molecule has 0 unspecified atom stereocenters. The van der Waals surface area contributed by atoms with E-state index in [2.05, 4.69) is 0 Å². The highest BCUT2D eigenvalue weighted by Crippen LogP contribution is 2.37. The zero-order chi connectivity index (χ0) is 51.6. The Labute approximate surface area is 410 Å². The molecule has 2 heterocycles. The minimum Gasteiger partial charge on any atom is -0.480 e. The third-order valence-electron chi connectivity index (χ3n) is 14.7. The third kappa shape index (κ3) is 17.4. The van der Waals surface area contributed by atoms with E-state index in [-0.39, 0.29) is 68.2 Å².